The maximum absolute atomic E-state index is 11.7. The van der Waals surface area contributed by atoms with Crippen molar-refractivity contribution in [2.24, 2.45) is 4.99 Å². The Bertz CT molecular complexity index is 1640. The molecule has 2 aromatic heterocycles. The van der Waals surface area contributed by atoms with Gasteiger partial charge in [0.05, 0.1) is 28.4 Å². The van der Waals surface area contributed by atoms with Crippen molar-refractivity contribution >= 4 is 51.2 Å². The van der Waals surface area contributed by atoms with E-state index >= 15 is 0 Å². The van der Waals surface area contributed by atoms with E-state index in [1.807, 2.05) is 44.0 Å². The first-order valence-corrected chi connectivity index (χ1v) is 16.6. The minimum atomic E-state index is -4.47. The number of nitrogens with zero attached hydrogens (tertiary/aromatic N) is 3. The number of hydrogen-bond acceptors (Lipinski definition) is 8. The lowest BCUT2D eigenvalue weighted by atomic mass is 9.97. The Labute approximate surface area is 280 Å². The number of benzene rings is 1. The maximum atomic E-state index is 11.7. The van der Waals surface area contributed by atoms with Crippen molar-refractivity contribution in [3.05, 3.63) is 57.2 Å². The first kappa shape index (κ1) is 36.3. The summed E-state index contributed by atoms with van der Waals surface area (Å²) in [5.41, 5.74) is 4.67. The molecule has 9 nitrogen and oxygen atoms in total. The summed E-state index contributed by atoms with van der Waals surface area (Å²) in [5, 5.41) is 14.7. The zero-order chi connectivity index (χ0) is 34.1. The highest BCUT2D eigenvalue weighted by molar-refractivity contribution is 7.18. The van der Waals surface area contributed by atoms with Gasteiger partial charge in [-0.25, -0.2) is 9.79 Å². The van der Waals surface area contributed by atoms with E-state index in [1.54, 1.807) is 11.4 Å². The van der Waals surface area contributed by atoms with E-state index in [0.717, 1.165) is 64.9 Å². The molecule has 1 aliphatic carbocycles. The molecule has 47 heavy (non-hydrogen) atoms. The molecule has 0 unspecified atom stereocenters. The standard InChI is InChI=1S/C27H28ClN3O4S.C6H10F3NO/c1-16-12-21(26-25(29-16)22(15-36-26)27(33)34)20-13-19(28)8-9-24(20)35-11-10-31(3)17(2)30-23-7-5-4-6-18(23)14-32;7-6(8,9)11-5-1-3-10-4-2-5/h8-9,12-15H,4-7,10-11H2,1-3H3,(H,33,34);5,10H,1-4H2. The number of thiophene rings is 1. The quantitative estimate of drug-likeness (QED) is 0.133. The van der Waals surface area contributed by atoms with Crippen LogP contribution >= 0.6 is 22.9 Å². The van der Waals surface area contributed by atoms with Gasteiger partial charge in [-0.2, -0.15) is 0 Å². The highest BCUT2D eigenvalue weighted by Gasteiger charge is 2.33. The number of likely N-dealkylation sites (N-methyl/N-ethyl adjacent to an activating group) is 1. The second kappa shape index (κ2) is 16.5. The van der Waals surface area contributed by atoms with E-state index in [0.29, 0.717) is 61.1 Å². The van der Waals surface area contributed by atoms with Crippen molar-refractivity contribution in [1.29, 1.82) is 0 Å². The lowest BCUT2D eigenvalue weighted by molar-refractivity contribution is -0.344. The van der Waals surface area contributed by atoms with Crippen LogP contribution in [-0.2, 0) is 9.53 Å². The van der Waals surface area contributed by atoms with Gasteiger partial charge < -0.3 is 20.1 Å². The van der Waals surface area contributed by atoms with Gasteiger partial charge in [-0.15, -0.1) is 24.5 Å². The zero-order valence-corrected chi connectivity index (χ0v) is 28.0. The molecular formula is C33H38ClF3N4O5S. The highest BCUT2D eigenvalue weighted by atomic mass is 35.5. The molecule has 0 atom stereocenters. The van der Waals surface area contributed by atoms with Crippen LogP contribution in [-0.4, -0.2) is 78.8 Å². The van der Waals surface area contributed by atoms with Gasteiger partial charge in [-0.3, -0.25) is 14.5 Å². The van der Waals surface area contributed by atoms with Crippen molar-refractivity contribution in [1.82, 2.24) is 15.2 Å². The van der Waals surface area contributed by atoms with Crippen molar-refractivity contribution in [2.75, 3.05) is 33.3 Å². The van der Waals surface area contributed by atoms with Crippen LogP contribution in [0.25, 0.3) is 21.3 Å². The molecule has 1 fully saturated rings. The highest BCUT2D eigenvalue weighted by Crippen LogP contribution is 2.40. The van der Waals surface area contributed by atoms with Gasteiger partial charge >= 0.3 is 12.3 Å². The molecule has 0 saturated carbocycles. The summed E-state index contributed by atoms with van der Waals surface area (Å²) in [5.74, 6) is 0.479. The van der Waals surface area contributed by atoms with Gasteiger partial charge in [-0.1, -0.05) is 11.6 Å². The molecule has 1 aromatic carbocycles. The third-order valence-electron chi connectivity index (χ3n) is 7.86. The number of pyridine rings is 1. The topological polar surface area (TPSA) is 113 Å². The van der Waals surface area contributed by atoms with Gasteiger partial charge in [0.15, 0.2) is 0 Å². The van der Waals surface area contributed by atoms with Crippen molar-refractivity contribution in [3.63, 3.8) is 0 Å². The van der Waals surface area contributed by atoms with Crippen molar-refractivity contribution < 1.29 is 37.3 Å². The van der Waals surface area contributed by atoms with Gasteiger partial charge in [0.25, 0.3) is 0 Å². The van der Waals surface area contributed by atoms with Crippen LogP contribution in [0.15, 0.2) is 45.9 Å². The number of hydrogen-bond donors (Lipinski definition) is 2. The SMILES string of the molecule is CC(=NC1=C(C=O)CCCC1)N(C)CCOc1ccc(Cl)cc1-c1cc(C)nc2c(C(=O)O)csc12.FC(F)(F)OC1CCNCC1. The van der Waals surface area contributed by atoms with Crippen molar-refractivity contribution in [3.8, 4) is 16.9 Å². The Morgan fingerprint density at radius 3 is 2.62 bits per heavy atom. The number of amidine groups is 1. The molecular weight excluding hydrogens is 657 g/mol. The number of aromatic nitrogens is 1. The Morgan fingerprint density at radius 1 is 1.21 bits per heavy atom. The van der Waals surface area contributed by atoms with Crippen LogP contribution in [0.3, 0.4) is 0 Å². The average molecular weight is 695 g/mol. The van der Waals surface area contributed by atoms with Crippen LogP contribution < -0.4 is 10.1 Å². The van der Waals surface area contributed by atoms with E-state index in [-0.39, 0.29) is 5.56 Å². The Hall–Kier alpha value is -3.52. The molecule has 0 radical (unpaired) electrons. The number of carbonyl (C=O) groups excluding carboxylic acids is 1. The predicted octanol–water partition coefficient (Wildman–Crippen LogP) is 7.65. The number of carbonyl (C=O) groups is 2. The molecule has 5 rings (SSSR count). The second-order valence-corrected chi connectivity index (χ2v) is 12.6. The first-order chi connectivity index (χ1) is 22.4. The fourth-order valence-electron chi connectivity index (χ4n) is 5.33. The number of alkyl halides is 3. The van der Waals surface area contributed by atoms with Crippen LogP contribution in [0.2, 0.25) is 5.02 Å². The Morgan fingerprint density at radius 2 is 1.94 bits per heavy atom. The number of fused-ring (bicyclic) bond motifs is 1. The number of carboxylic acid groups (broad SMARTS) is 1. The van der Waals surface area contributed by atoms with Crippen LogP contribution in [0, 0.1) is 6.92 Å². The van der Waals surface area contributed by atoms with Crippen LogP contribution in [0.4, 0.5) is 13.2 Å². The first-order valence-electron chi connectivity index (χ1n) is 15.3. The number of aliphatic imine (C=N–C) groups is 1. The largest absolute Gasteiger partial charge is 0.522 e. The third-order valence-corrected chi connectivity index (χ3v) is 9.09. The van der Waals surface area contributed by atoms with E-state index in [2.05, 4.69) is 15.0 Å². The molecule has 0 spiro atoms. The number of allylic oxidation sites excluding steroid dienone is 2. The summed E-state index contributed by atoms with van der Waals surface area (Å²) in [4.78, 5) is 34.2. The predicted molar refractivity (Wildman–Crippen MR) is 178 cm³/mol. The Kier molecular flexibility index (Phi) is 12.8. The number of aryl methyl sites for hydroxylation is 1. The summed E-state index contributed by atoms with van der Waals surface area (Å²) < 4.78 is 45.6. The Balaban J connectivity index is 0.000000385. The summed E-state index contributed by atoms with van der Waals surface area (Å²) in [6.45, 7) is 5.99. The molecule has 1 saturated heterocycles. The number of aldehydes is 1. The summed E-state index contributed by atoms with van der Waals surface area (Å²) in [6, 6.07) is 7.36. The number of aromatic carboxylic acids is 1. The second-order valence-electron chi connectivity index (χ2n) is 11.3. The lowest BCUT2D eigenvalue weighted by Gasteiger charge is -2.23. The van der Waals surface area contributed by atoms with Gasteiger partial charge in [0.1, 0.15) is 24.5 Å². The van der Waals surface area contributed by atoms with E-state index in [1.165, 1.54) is 11.3 Å². The van der Waals surface area contributed by atoms with E-state index in [4.69, 9.17) is 21.3 Å². The smallest absolute Gasteiger partial charge is 0.491 e. The normalized spacial score (nSPS) is 16.1. The van der Waals surface area contributed by atoms with Crippen molar-refractivity contribution in [2.45, 2.75) is 64.8 Å². The van der Waals surface area contributed by atoms with E-state index in [9.17, 15) is 27.9 Å². The zero-order valence-electron chi connectivity index (χ0n) is 26.5. The fraction of sp³-hybridized carbons (Fsp3) is 0.455. The van der Waals surface area contributed by atoms with Crippen LogP contribution in [0.5, 0.6) is 5.75 Å². The summed E-state index contributed by atoms with van der Waals surface area (Å²) in [7, 11) is 1.95. The maximum Gasteiger partial charge on any atom is 0.522 e. The molecule has 254 valence electrons. The van der Waals surface area contributed by atoms with Gasteiger partial charge in [-0.05, 0) is 89.7 Å². The summed E-state index contributed by atoms with van der Waals surface area (Å²) >= 11 is 7.68. The number of piperidine rings is 1. The number of carboxylic acids is 1. The molecule has 14 heteroatoms. The molecule has 2 N–H and O–H groups in total. The number of rotatable bonds is 9. The fourth-order valence-corrected chi connectivity index (χ4v) is 6.52. The molecule has 0 bridgehead atoms. The van der Waals surface area contributed by atoms with Gasteiger partial charge in [0, 0.05) is 45.5 Å². The van der Waals surface area contributed by atoms with Crippen LogP contribution in [0.1, 0.15) is 61.5 Å². The molecule has 3 aromatic rings. The summed E-state index contributed by atoms with van der Waals surface area (Å²) in [6.07, 6.45) is 0.414. The molecule has 0 amide bonds. The average Bonchev–Trinajstić information content (AvgIpc) is 3.45. The lowest BCUT2D eigenvalue weighted by Crippen LogP contribution is -2.35. The third kappa shape index (κ3) is 10.2. The number of ether oxygens (including phenoxy) is 2. The van der Waals surface area contributed by atoms with E-state index < -0.39 is 18.4 Å². The minimum Gasteiger partial charge on any atom is -0.491 e. The molecule has 2 aliphatic rings. The number of halogens is 4. The molecule has 1 aliphatic heterocycles. The van der Waals surface area contributed by atoms with Gasteiger partial charge in [0.2, 0.25) is 0 Å². The molecule has 3 heterocycles. The monoisotopic (exact) mass is 694 g/mol. The number of nitrogens with one attached hydrogen (secondary N) is 1. The minimum absolute atomic E-state index is 0.187.